The van der Waals surface area contributed by atoms with Crippen LogP contribution < -0.4 is 10.2 Å². The fourth-order valence-corrected chi connectivity index (χ4v) is 5.35. The van der Waals surface area contributed by atoms with Gasteiger partial charge in [-0.25, -0.2) is 9.78 Å². The highest BCUT2D eigenvalue weighted by atomic mass is 32.1. The summed E-state index contributed by atoms with van der Waals surface area (Å²) in [6.07, 6.45) is -6.30. The van der Waals surface area contributed by atoms with Crippen molar-refractivity contribution in [3.63, 3.8) is 0 Å². The van der Waals surface area contributed by atoms with Crippen molar-refractivity contribution in [1.29, 1.82) is 0 Å². The smallest absolute Gasteiger partial charge is 0.375 e. The van der Waals surface area contributed by atoms with Crippen molar-refractivity contribution in [2.45, 2.75) is 65.1 Å². The summed E-state index contributed by atoms with van der Waals surface area (Å²) in [5, 5.41) is 1.74. The summed E-state index contributed by atoms with van der Waals surface area (Å²) in [6, 6.07) is 4.28. The van der Waals surface area contributed by atoms with Crippen molar-refractivity contribution >= 4 is 52.2 Å². The Bertz CT molecular complexity index is 1670. The van der Waals surface area contributed by atoms with Crippen LogP contribution in [0, 0.1) is 0 Å². The van der Waals surface area contributed by atoms with E-state index in [1.807, 2.05) is 0 Å². The molecule has 0 radical (unpaired) electrons. The van der Waals surface area contributed by atoms with E-state index < -0.39 is 72.4 Å². The van der Waals surface area contributed by atoms with Crippen LogP contribution in [0.1, 0.15) is 45.2 Å². The number of thiazole rings is 1. The quantitative estimate of drug-likeness (QED) is 0.215. The zero-order chi connectivity index (χ0) is 33.5. The first-order valence-corrected chi connectivity index (χ1v) is 14.9. The highest BCUT2D eigenvalue weighted by molar-refractivity contribution is 7.07. The maximum absolute atomic E-state index is 13.5. The predicted molar refractivity (Wildman–Crippen MR) is 157 cm³/mol. The summed E-state index contributed by atoms with van der Waals surface area (Å²) < 4.78 is 44.3. The van der Waals surface area contributed by atoms with Crippen LogP contribution in [0.2, 0.25) is 0 Å². The number of hydrogen-bond acceptors (Lipinski definition) is 16. The maximum Gasteiger partial charge on any atom is 0.375 e. The van der Waals surface area contributed by atoms with Crippen LogP contribution >= 0.6 is 11.3 Å². The van der Waals surface area contributed by atoms with Gasteiger partial charge in [0, 0.05) is 39.1 Å². The number of carbonyl (C=O) groups is 5. The summed E-state index contributed by atoms with van der Waals surface area (Å²) in [4.78, 5) is 78.1. The van der Waals surface area contributed by atoms with Crippen molar-refractivity contribution in [3.05, 3.63) is 45.1 Å². The first-order valence-electron chi connectivity index (χ1n) is 14.0. The summed E-state index contributed by atoms with van der Waals surface area (Å²) in [6.45, 7) is 5.45. The van der Waals surface area contributed by atoms with Crippen molar-refractivity contribution in [1.82, 2.24) is 4.98 Å². The van der Waals surface area contributed by atoms with Crippen LogP contribution in [0.4, 0.5) is 0 Å². The third kappa shape index (κ3) is 8.06. The van der Waals surface area contributed by atoms with Crippen LogP contribution in [0.25, 0.3) is 22.2 Å². The van der Waals surface area contributed by atoms with E-state index in [2.05, 4.69) is 4.98 Å². The number of esters is 5. The first-order chi connectivity index (χ1) is 21.9. The molecule has 16 heteroatoms. The summed E-state index contributed by atoms with van der Waals surface area (Å²) >= 11 is 1.24. The van der Waals surface area contributed by atoms with Gasteiger partial charge in [0.25, 0.3) is 0 Å². The highest BCUT2D eigenvalue weighted by Crippen LogP contribution is 2.31. The largest absolute Gasteiger partial charge is 0.491 e. The van der Waals surface area contributed by atoms with Crippen molar-refractivity contribution < 1.29 is 61.5 Å². The molecule has 0 N–H and O–H groups in total. The molecule has 3 aromatic rings. The lowest BCUT2D eigenvalue weighted by Crippen LogP contribution is -2.63. The van der Waals surface area contributed by atoms with Gasteiger partial charge in [-0.05, 0) is 19.1 Å². The second kappa shape index (κ2) is 15.0. The lowest BCUT2D eigenvalue weighted by Gasteiger charge is -2.44. The molecule has 0 aliphatic carbocycles. The van der Waals surface area contributed by atoms with Crippen LogP contribution in [-0.4, -0.2) is 85.2 Å². The zero-order valence-corrected chi connectivity index (χ0v) is 26.3. The van der Waals surface area contributed by atoms with E-state index in [0.717, 1.165) is 20.8 Å². The molecule has 1 aliphatic heterocycles. The molecule has 5 atom stereocenters. The molecule has 1 fully saturated rings. The van der Waals surface area contributed by atoms with Gasteiger partial charge in [-0.1, -0.05) is 0 Å². The Morgan fingerprint density at radius 3 is 2.04 bits per heavy atom. The van der Waals surface area contributed by atoms with Crippen molar-refractivity contribution in [2.75, 3.05) is 19.8 Å². The van der Waals surface area contributed by atoms with Gasteiger partial charge >= 0.3 is 29.8 Å². The third-order valence-corrected chi connectivity index (χ3v) is 7.10. The summed E-state index contributed by atoms with van der Waals surface area (Å²) in [5.41, 5.74) is 1.22. The molecule has 0 spiro atoms. The molecule has 4 rings (SSSR count). The Kier molecular flexibility index (Phi) is 11.1. The van der Waals surface area contributed by atoms with Gasteiger partial charge < -0.3 is 37.6 Å². The minimum Gasteiger partial charge on any atom is -0.491 e. The fraction of sp³-hybridized carbons (Fsp3) is 0.433. The molecule has 0 bridgehead atoms. The molecule has 246 valence electrons. The van der Waals surface area contributed by atoms with E-state index in [9.17, 15) is 28.8 Å². The fourth-order valence-electron chi connectivity index (χ4n) is 4.80. The van der Waals surface area contributed by atoms with Gasteiger partial charge in [0.2, 0.25) is 11.2 Å². The van der Waals surface area contributed by atoms with Gasteiger partial charge in [-0.3, -0.25) is 24.0 Å². The SMILES string of the molecule is CCOC(=O)c1oc2cc(OCC3OC(COC(C)=O)C(OC(C)=O)C(OC(C)=O)C3OC(C)=O)ccc2c(=O)c1-c1cscn1. The van der Waals surface area contributed by atoms with Gasteiger partial charge in [0.05, 0.1) is 28.8 Å². The molecule has 0 amide bonds. The van der Waals surface area contributed by atoms with E-state index in [1.165, 1.54) is 42.0 Å². The third-order valence-electron chi connectivity index (χ3n) is 6.51. The molecular weight excluding hydrogens is 630 g/mol. The molecule has 15 nitrogen and oxygen atoms in total. The van der Waals surface area contributed by atoms with E-state index in [4.69, 9.17) is 37.6 Å². The van der Waals surface area contributed by atoms with Gasteiger partial charge in [0.1, 0.15) is 36.8 Å². The number of hydrogen-bond donors (Lipinski definition) is 0. The molecule has 1 aromatic carbocycles. The number of rotatable bonds is 11. The number of fused-ring (bicyclic) bond motifs is 1. The normalized spacial score (nSPS) is 20.8. The number of ether oxygens (including phenoxy) is 7. The zero-order valence-electron chi connectivity index (χ0n) is 25.5. The van der Waals surface area contributed by atoms with E-state index in [-0.39, 0.29) is 47.0 Å². The second-order valence-corrected chi connectivity index (χ2v) is 10.7. The molecule has 46 heavy (non-hydrogen) atoms. The Hall–Kier alpha value is -4.83. The van der Waals surface area contributed by atoms with Crippen LogP contribution in [0.3, 0.4) is 0 Å². The van der Waals surface area contributed by atoms with Gasteiger partial charge in [0.15, 0.2) is 18.3 Å². The minimum absolute atomic E-state index is 0.00563. The second-order valence-electron chi connectivity index (χ2n) is 9.94. The first kappa shape index (κ1) is 34.1. The van der Waals surface area contributed by atoms with Crippen LogP contribution in [0.5, 0.6) is 5.75 Å². The van der Waals surface area contributed by atoms with Gasteiger partial charge in [-0.15, -0.1) is 11.3 Å². The molecular formula is C30H31NO14S. The lowest BCUT2D eigenvalue weighted by molar-refractivity contribution is -0.255. The molecule has 1 saturated heterocycles. The topological polar surface area (TPSA) is 193 Å². The average molecular weight is 662 g/mol. The Balaban J connectivity index is 1.69. The molecule has 0 saturated carbocycles. The molecule has 1 aliphatic rings. The van der Waals surface area contributed by atoms with Gasteiger partial charge in [-0.2, -0.15) is 0 Å². The number of aromatic nitrogens is 1. The summed E-state index contributed by atoms with van der Waals surface area (Å²) in [5.74, 6) is -3.97. The Morgan fingerprint density at radius 1 is 0.848 bits per heavy atom. The summed E-state index contributed by atoms with van der Waals surface area (Å²) in [7, 11) is 0. The number of benzene rings is 1. The molecule has 2 aromatic heterocycles. The molecule has 5 unspecified atom stereocenters. The Labute approximate surface area is 265 Å². The Morgan fingerprint density at radius 2 is 1.48 bits per heavy atom. The minimum atomic E-state index is -1.36. The van der Waals surface area contributed by atoms with Crippen LogP contribution in [-0.2, 0) is 47.6 Å². The average Bonchev–Trinajstić information content (AvgIpc) is 3.51. The molecule has 3 heterocycles. The maximum atomic E-state index is 13.5. The van der Waals surface area contributed by atoms with E-state index in [0.29, 0.717) is 0 Å². The van der Waals surface area contributed by atoms with Crippen molar-refractivity contribution in [3.8, 4) is 17.0 Å². The van der Waals surface area contributed by atoms with Crippen molar-refractivity contribution in [2.24, 2.45) is 0 Å². The standard InChI is InChI=1S/C30H31NO14S/c1-6-38-30(37)28-24(20-12-46-13-31-20)25(36)19-8-7-18(9-21(19)45-28)40-11-23-27(42-16(4)34)29(43-17(5)35)26(41-15(3)33)22(44-23)10-39-14(2)32/h7-9,12-13,22-23,26-27,29H,6,10-11H2,1-5H3. The van der Waals surface area contributed by atoms with Crippen LogP contribution in [0.15, 0.2) is 38.3 Å². The number of nitrogens with zero attached hydrogens (tertiary/aromatic N) is 1. The van der Waals surface area contributed by atoms with E-state index in [1.54, 1.807) is 12.3 Å². The number of carbonyl (C=O) groups excluding carboxylic acids is 5. The highest BCUT2D eigenvalue weighted by Gasteiger charge is 2.52. The predicted octanol–water partition coefficient (Wildman–Crippen LogP) is 2.60. The monoisotopic (exact) mass is 661 g/mol. The van der Waals surface area contributed by atoms with E-state index >= 15 is 0 Å². The lowest BCUT2D eigenvalue weighted by atomic mass is 9.94.